The smallest absolute Gasteiger partial charge is 0.241 e. The van der Waals surface area contributed by atoms with Gasteiger partial charge in [-0.2, -0.15) is 0 Å². The number of hydrogen-bond donors (Lipinski definition) is 1. The van der Waals surface area contributed by atoms with Crippen molar-refractivity contribution in [1.82, 2.24) is 10.2 Å². The standard InChI is InChI=1S/C16H23ClN2O/c1-10-15(20)19(11(2)16(3,4)5)14(18-10)12-6-8-13(17)9-7-12/h6-11,14,18H,1-5H3. The number of rotatable bonds is 2. The van der Waals surface area contributed by atoms with Gasteiger partial charge in [-0.3, -0.25) is 10.1 Å². The minimum atomic E-state index is -0.152. The van der Waals surface area contributed by atoms with Crippen molar-refractivity contribution in [3.63, 3.8) is 0 Å². The molecule has 110 valence electrons. The number of benzene rings is 1. The van der Waals surface area contributed by atoms with Crippen molar-refractivity contribution in [2.45, 2.75) is 52.9 Å². The highest BCUT2D eigenvalue weighted by molar-refractivity contribution is 6.30. The van der Waals surface area contributed by atoms with Crippen LogP contribution in [0.1, 0.15) is 46.3 Å². The van der Waals surface area contributed by atoms with E-state index in [1.54, 1.807) is 0 Å². The predicted molar refractivity (Wildman–Crippen MR) is 82.6 cm³/mol. The molecule has 3 nitrogen and oxygen atoms in total. The lowest BCUT2D eigenvalue weighted by molar-refractivity contribution is -0.134. The van der Waals surface area contributed by atoms with Crippen LogP contribution >= 0.6 is 11.6 Å². The summed E-state index contributed by atoms with van der Waals surface area (Å²) in [5, 5.41) is 4.09. The summed E-state index contributed by atoms with van der Waals surface area (Å²) in [6.45, 7) is 10.5. The highest BCUT2D eigenvalue weighted by atomic mass is 35.5. The average molecular weight is 295 g/mol. The molecule has 0 bridgehead atoms. The van der Waals surface area contributed by atoms with Gasteiger partial charge in [-0.15, -0.1) is 0 Å². The first kappa shape index (κ1) is 15.3. The summed E-state index contributed by atoms with van der Waals surface area (Å²) >= 11 is 5.95. The van der Waals surface area contributed by atoms with E-state index in [9.17, 15) is 4.79 Å². The summed E-state index contributed by atoms with van der Waals surface area (Å²) in [6.07, 6.45) is -0.0796. The van der Waals surface area contributed by atoms with E-state index in [4.69, 9.17) is 11.6 Å². The van der Waals surface area contributed by atoms with Crippen molar-refractivity contribution in [1.29, 1.82) is 0 Å². The first-order chi connectivity index (χ1) is 9.21. The summed E-state index contributed by atoms with van der Waals surface area (Å²) in [7, 11) is 0. The number of carbonyl (C=O) groups is 1. The number of nitrogens with zero attached hydrogens (tertiary/aromatic N) is 1. The Kier molecular flexibility index (Phi) is 4.12. The number of halogens is 1. The summed E-state index contributed by atoms with van der Waals surface area (Å²) < 4.78 is 0. The van der Waals surface area contributed by atoms with E-state index in [0.717, 1.165) is 5.56 Å². The molecule has 4 heteroatoms. The Balaban J connectivity index is 2.35. The van der Waals surface area contributed by atoms with E-state index in [1.807, 2.05) is 36.1 Å². The SMILES string of the molecule is CC1NC(c2ccc(Cl)cc2)N(C(C)C(C)(C)C)C1=O. The van der Waals surface area contributed by atoms with Crippen LogP contribution < -0.4 is 5.32 Å². The van der Waals surface area contributed by atoms with E-state index < -0.39 is 0 Å². The van der Waals surface area contributed by atoms with Crippen molar-refractivity contribution < 1.29 is 4.79 Å². The average Bonchev–Trinajstić information content (AvgIpc) is 2.65. The van der Waals surface area contributed by atoms with Crippen LogP contribution in [0.5, 0.6) is 0 Å². The first-order valence-corrected chi connectivity index (χ1v) is 7.43. The van der Waals surface area contributed by atoms with Gasteiger partial charge in [-0.05, 0) is 37.0 Å². The molecule has 1 aliphatic heterocycles. The van der Waals surface area contributed by atoms with Gasteiger partial charge in [-0.1, -0.05) is 44.5 Å². The Morgan fingerprint density at radius 2 is 1.80 bits per heavy atom. The molecule has 3 atom stereocenters. The third kappa shape index (κ3) is 2.84. The molecule has 0 aliphatic carbocycles. The molecule has 1 aromatic rings. The van der Waals surface area contributed by atoms with Gasteiger partial charge >= 0.3 is 0 Å². The van der Waals surface area contributed by atoms with Crippen molar-refractivity contribution in [2.75, 3.05) is 0 Å². The van der Waals surface area contributed by atoms with Crippen LogP contribution in [-0.4, -0.2) is 22.9 Å². The predicted octanol–water partition coefficient (Wildman–Crippen LogP) is 3.59. The van der Waals surface area contributed by atoms with Gasteiger partial charge < -0.3 is 4.90 Å². The molecular weight excluding hydrogens is 272 g/mol. The second-order valence-electron chi connectivity index (χ2n) is 6.63. The largest absolute Gasteiger partial charge is 0.318 e. The zero-order valence-corrected chi connectivity index (χ0v) is 13.5. The molecule has 1 aliphatic rings. The fourth-order valence-electron chi connectivity index (χ4n) is 2.47. The molecule has 1 N–H and O–H groups in total. The van der Waals surface area contributed by atoms with E-state index >= 15 is 0 Å². The lowest BCUT2D eigenvalue weighted by Crippen LogP contribution is -2.45. The Morgan fingerprint density at radius 3 is 2.30 bits per heavy atom. The van der Waals surface area contributed by atoms with Gasteiger partial charge in [0.2, 0.25) is 5.91 Å². The number of hydrogen-bond acceptors (Lipinski definition) is 2. The maximum Gasteiger partial charge on any atom is 0.241 e. The van der Waals surface area contributed by atoms with E-state index in [1.165, 1.54) is 0 Å². The molecule has 1 fully saturated rings. The first-order valence-electron chi connectivity index (χ1n) is 7.05. The molecule has 1 saturated heterocycles. The van der Waals surface area contributed by atoms with Gasteiger partial charge in [0, 0.05) is 11.1 Å². The molecule has 2 rings (SSSR count). The number of amides is 1. The molecule has 0 aromatic heterocycles. The fourth-order valence-corrected chi connectivity index (χ4v) is 2.60. The van der Waals surface area contributed by atoms with Crippen LogP contribution in [0.15, 0.2) is 24.3 Å². The minimum Gasteiger partial charge on any atom is -0.318 e. The summed E-state index contributed by atoms with van der Waals surface area (Å²) in [6, 6.07) is 7.69. The quantitative estimate of drug-likeness (QED) is 0.904. The molecule has 20 heavy (non-hydrogen) atoms. The summed E-state index contributed by atoms with van der Waals surface area (Å²) in [4.78, 5) is 14.4. The van der Waals surface area contributed by atoms with Crippen molar-refractivity contribution in [3.8, 4) is 0 Å². The van der Waals surface area contributed by atoms with Crippen LogP contribution in [0, 0.1) is 5.41 Å². The molecule has 1 aromatic carbocycles. The van der Waals surface area contributed by atoms with Crippen LogP contribution in [0.4, 0.5) is 0 Å². The Hall–Kier alpha value is -1.06. The summed E-state index contributed by atoms with van der Waals surface area (Å²) in [5.41, 5.74) is 1.11. The molecule has 0 radical (unpaired) electrons. The van der Waals surface area contributed by atoms with Crippen molar-refractivity contribution in [3.05, 3.63) is 34.9 Å². The Labute approximate surface area is 126 Å². The molecule has 3 unspecified atom stereocenters. The monoisotopic (exact) mass is 294 g/mol. The number of nitrogens with one attached hydrogen (secondary N) is 1. The zero-order valence-electron chi connectivity index (χ0n) is 12.8. The highest BCUT2D eigenvalue weighted by Gasteiger charge is 2.42. The van der Waals surface area contributed by atoms with Crippen LogP contribution in [0.2, 0.25) is 5.02 Å². The van der Waals surface area contributed by atoms with Gasteiger partial charge in [0.25, 0.3) is 0 Å². The van der Waals surface area contributed by atoms with Gasteiger partial charge in [0.15, 0.2) is 0 Å². The maximum absolute atomic E-state index is 12.5. The lowest BCUT2D eigenvalue weighted by Gasteiger charge is -2.38. The normalized spacial score (nSPS) is 25.1. The third-order valence-corrected chi connectivity index (χ3v) is 4.42. The second kappa shape index (κ2) is 5.38. The zero-order chi connectivity index (χ0) is 15.1. The molecular formula is C16H23ClN2O. The van der Waals surface area contributed by atoms with Gasteiger partial charge in [0.05, 0.1) is 6.04 Å². The van der Waals surface area contributed by atoms with E-state index in [-0.39, 0.29) is 29.6 Å². The molecule has 0 spiro atoms. The number of carbonyl (C=O) groups excluding carboxylic acids is 1. The van der Waals surface area contributed by atoms with Crippen molar-refractivity contribution in [2.24, 2.45) is 5.41 Å². The van der Waals surface area contributed by atoms with Gasteiger partial charge in [-0.25, -0.2) is 0 Å². The highest BCUT2D eigenvalue weighted by Crippen LogP contribution is 2.34. The van der Waals surface area contributed by atoms with Crippen molar-refractivity contribution >= 4 is 17.5 Å². The fraction of sp³-hybridized carbons (Fsp3) is 0.562. The topological polar surface area (TPSA) is 32.3 Å². The Morgan fingerprint density at radius 1 is 1.25 bits per heavy atom. The maximum atomic E-state index is 12.5. The Bertz CT molecular complexity index is 492. The third-order valence-electron chi connectivity index (χ3n) is 4.17. The summed E-state index contributed by atoms with van der Waals surface area (Å²) in [5.74, 6) is 0.160. The lowest BCUT2D eigenvalue weighted by atomic mass is 9.86. The van der Waals surface area contributed by atoms with E-state index in [2.05, 4.69) is 33.0 Å². The molecule has 0 saturated carbocycles. The molecule has 1 amide bonds. The molecule has 1 heterocycles. The van der Waals surface area contributed by atoms with Gasteiger partial charge in [0.1, 0.15) is 6.17 Å². The van der Waals surface area contributed by atoms with Crippen LogP contribution in [-0.2, 0) is 4.79 Å². The van der Waals surface area contributed by atoms with Crippen LogP contribution in [0.3, 0.4) is 0 Å². The second-order valence-corrected chi connectivity index (χ2v) is 7.07. The van der Waals surface area contributed by atoms with Crippen LogP contribution in [0.25, 0.3) is 0 Å². The minimum absolute atomic E-state index is 0.0338. The van der Waals surface area contributed by atoms with E-state index in [0.29, 0.717) is 5.02 Å².